The van der Waals surface area contributed by atoms with E-state index in [-0.39, 0.29) is 35.7 Å². The molecule has 0 bridgehead atoms. The molecule has 0 atom stereocenters. The summed E-state index contributed by atoms with van der Waals surface area (Å²) in [5, 5.41) is 17.9. The van der Waals surface area contributed by atoms with Gasteiger partial charge in [0.1, 0.15) is 34.8 Å². The number of esters is 2. The molecule has 54 heavy (non-hydrogen) atoms. The molecule has 6 rings (SSSR count). The van der Waals surface area contributed by atoms with E-state index in [0.717, 1.165) is 24.3 Å². The molecule has 0 fully saturated rings. The third kappa shape index (κ3) is 9.21. The second-order valence-corrected chi connectivity index (χ2v) is 11.5. The Balaban J connectivity index is 0.00000181. The first kappa shape index (κ1) is 38.1. The van der Waals surface area contributed by atoms with Gasteiger partial charge in [0.05, 0.1) is 34.4 Å². The molecule has 268 valence electrons. The minimum atomic E-state index is -1.05. The Bertz CT molecular complexity index is 2250. The molecule has 0 amide bonds. The van der Waals surface area contributed by atoms with Gasteiger partial charge in [0.2, 0.25) is 0 Å². The van der Waals surface area contributed by atoms with Crippen molar-refractivity contribution in [2.24, 2.45) is 11.5 Å². The number of hydrogen-bond acceptors (Lipinski definition) is 8. The van der Waals surface area contributed by atoms with Gasteiger partial charge in [-0.25, -0.2) is 27.2 Å². The Morgan fingerprint density at radius 2 is 0.889 bits per heavy atom. The van der Waals surface area contributed by atoms with Crippen LogP contribution in [0.1, 0.15) is 43.0 Å². The van der Waals surface area contributed by atoms with Crippen LogP contribution in [0.4, 0.5) is 17.6 Å². The maximum absolute atomic E-state index is 15.0. The van der Waals surface area contributed by atoms with Gasteiger partial charge in [0.15, 0.2) is 0 Å². The molecule has 6 aromatic rings. The van der Waals surface area contributed by atoms with Gasteiger partial charge in [-0.2, -0.15) is 10.5 Å². The summed E-state index contributed by atoms with van der Waals surface area (Å²) in [5.41, 5.74) is 11.5. The van der Waals surface area contributed by atoms with Gasteiger partial charge in [0.25, 0.3) is 0 Å². The maximum atomic E-state index is 15.0. The van der Waals surface area contributed by atoms with Crippen molar-refractivity contribution >= 4 is 11.9 Å². The van der Waals surface area contributed by atoms with E-state index in [0.29, 0.717) is 33.4 Å². The Labute approximate surface area is 307 Å². The maximum Gasteiger partial charge on any atom is 0.346 e. The second kappa shape index (κ2) is 17.4. The largest absolute Gasteiger partial charge is 0.423 e. The molecule has 0 spiro atoms. The lowest BCUT2D eigenvalue weighted by Crippen LogP contribution is -2.12. The Hall–Kier alpha value is -7.12. The molecular formula is C42H28F4N4O4. The van der Waals surface area contributed by atoms with E-state index in [1.807, 2.05) is 12.1 Å². The molecule has 0 aromatic heterocycles. The van der Waals surface area contributed by atoms with Gasteiger partial charge in [-0.1, -0.05) is 36.4 Å². The number of carbonyl (C=O) groups is 2. The minimum absolute atomic E-state index is 0.0442. The van der Waals surface area contributed by atoms with Crippen molar-refractivity contribution in [2.75, 3.05) is 6.67 Å². The first-order chi connectivity index (χ1) is 26.0. The fourth-order valence-corrected chi connectivity index (χ4v) is 5.26. The second-order valence-electron chi connectivity index (χ2n) is 11.5. The average molecular weight is 729 g/mol. The standard InChI is InChI=1S/C41H22F4N2O4.CH6N2/c42-36-18-26(5-13-34(36)40(48)50-30-11-15-32(38(44)20-30)28-7-1-24(22-46)2-8-28)17-27-6-14-35(37(43)19-27)41(49)51-31-12-16-33(39(45)21-31)29-9-3-25(23-47)4-10-29;2-1-3/h1-16,18-21H,17H2;1-3H2. The number of nitrogens with two attached hydrogens (primary N) is 2. The number of ether oxygens (including phenoxy) is 2. The van der Waals surface area contributed by atoms with E-state index >= 15 is 0 Å². The summed E-state index contributed by atoms with van der Waals surface area (Å²) in [6, 6.07) is 31.5. The third-order valence-corrected chi connectivity index (χ3v) is 7.87. The highest BCUT2D eigenvalue weighted by Crippen LogP contribution is 2.29. The van der Waals surface area contributed by atoms with Crippen LogP contribution in [0, 0.1) is 45.9 Å². The van der Waals surface area contributed by atoms with Crippen molar-refractivity contribution in [3.05, 3.63) is 178 Å². The van der Waals surface area contributed by atoms with Crippen LogP contribution in [0.2, 0.25) is 0 Å². The van der Waals surface area contributed by atoms with E-state index in [9.17, 15) is 27.2 Å². The summed E-state index contributed by atoms with van der Waals surface area (Å²) < 4.78 is 70.0. The molecule has 0 saturated heterocycles. The summed E-state index contributed by atoms with van der Waals surface area (Å²) in [6.07, 6.45) is 0.0442. The van der Waals surface area contributed by atoms with Crippen molar-refractivity contribution < 1.29 is 36.6 Å². The van der Waals surface area contributed by atoms with Crippen molar-refractivity contribution in [3.8, 4) is 45.9 Å². The monoisotopic (exact) mass is 728 g/mol. The van der Waals surface area contributed by atoms with Crippen LogP contribution in [0.15, 0.2) is 121 Å². The number of nitrogens with zero attached hydrogens (tertiary/aromatic N) is 2. The fourth-order valence-electron chi connectivity index (χ4n) is 5.26. The number of carbonyl (C=O) groups excluding carboxylic acids is 2. The van der Waals surface area contributed by atoms with Gasteiger partial charge >= 0.3 is 11.9 Å². The van der Waals surface area contributed by atoms with Gasteiger partial charge in [0, 0.05) is 29.9 Å². The van der Waals surface area contributed by atoms with Crippen LogP contribution in [-0.4, -0.2) is 18.6 Å². The van der Waals surface area contributed by atoms with E-state index < -0.39 is 46.3 Å². The third-order valence-electron chi connectivity index (χ3n) is 7.87. The number of rotatable bonds is 8. The Morgan fingerprint density at radius 3 is 1.20 bits per heavy atom. The summed E-state index contributed by atoms with van der Waals surface area (Å²) in [5.74, 6) is -5.58. The predicted molar refractivity (Wildman–Crippen MR) is 192 cm³/mol. The average Bonchev–Trinajstić information content (AvgIpc) is 3.15. The molecule has 8 nitrogen and oxygen atoms in total. The SMILES string of the molecule is N#Cc1ccc(-c2ccc(OC(=O)c3ccc(Cc4ccc(C(=O)Oc5ccc(-c6ccc(C#N)cc6)c(F)c5)c(F)c4)cc3F)cc2F)cc1.NCN. The van der Waals surface area contributed by atoms with E-state index in [2.05, 4.69) is 11.5 Å². The highest BCUT2D eigenvalue weighted by molar-refractivity contribution is 5.92. The van der Waals surface area contributed by atoms with E-state index in [1.165, 1.54) is 48.5 Å². The first-order valence-electron chi connectivity index (χ1n) is 16.0. The molecule has 0 aliphatic heterocycles. The lowest BCUT2D eigenvalue weighted by Gasteiger charge is -2.10. The van der Waals surface area contributed by atoms with Crippen molar-refractivity contribution in [3.63, 3.8) is 0 Å². The van der Waals surface area contributed by atoms with E-state index in [4.69, 9.17) is 20.0 Å². The summed E-state index contributed by atoms with van der Waals surface area (Å²) >= 11 is 0. The van der Waals surface area contributed by atoms with Crippen molar-refractivity contribution in [1.29, 1.82) is 10.5 Å². The molecule has 0 radical (unpaired) electrons. The molecular weight excluding hydrogens is 700 g/mol. The van der Waals surface area contributed by atoms with Gasteiger partial charge in [-0.05, 0) is 101 Å². The zero-order valence-electron chi connectivity index (χ0n) is 28.2. The molecule has 6 aromatic carbocycles. The molecule has 0 unspecified atom stereocenters. The summed E-state index contributed by atoms with van der Waals surface area (Å²) in [7, 11) is 0. The quantitative estimate of drug-likeness (QED) is 0.0689. The molecule has 4 N–H and O–H groups in total. The lowest BCUT2D eigenvalue weighted by atomic mass is 10.0. The summed E-state index contributed by atoms with van der Waals surface area (Å²) in [4.78, 5) is 25.4. The molecule has 12 heteroatoms. The first-order valence-corrected chi connectivity index (χ1v) is 16.0. The highest BCUT2D eigenvalue weighted by Gasteiger charge is 2.19. The highest BCUT2D eigenvalue weighted by atomic mass is 19.1. The number of halogens is 4. The fraction of sp³-hybridized carbons (Fsp3) is 0.0476. The smallest absolute Gasteiger partial charge is 0.346 e. The topological polar surface area (TPSA) is 152 Å². The predicted octanol–water partition coefficient (Wildman–Crippen LogP) is 8.21. The Kier molecular flexibility index (Phi) is 12.3. The van der Waals surface area contributed by atoms with Crippen LogP contribution in [0.5, 0.6) is 11.5 Å². The van der Waals surface area contributed by atoms with Crippen molar-refractivity contribution in [1.82, 2.24) is 0 Å². The Morgan fingerprint density at radius 1 is 0.519 bits per heavy atom. The van der Waals surface area contributed by atoms with Crippen molar-refractivity contribution in [2.45, 2.75) is 6.42 Å². The van der Waals surface area contributed by atoms with Crippen LogP contribution in [0.25, 0.3) is 22.3 Å². The molecule has 0 aliphatic carbocycles. The zero-order chi connectivity index (χ0) is 38.8. The molecule has 0 saturated carbocycles. The number of nitriles is 2. The number of benzene rings is 6. The normalized spacial score (nSPS) is 10.3. The zero-order valence-corrected chi connectivity index (χ0v) is 28.2. The van der Waals surface area contributed by atoms with E-state index in [1.54, 1.807) is 48.5 Å². The van der Waals surface area contributed by atoms with Crippen LogP contribution < -0.4 is 20.9 Å². The number of hydrogen-bond donors (Lipinski definition) is 2. The van der Waals surface area contributed by atoms with Crippen LogP contribution in [0.3, 0.4) is 0 Å². The van der Waals surface area contributed by atoms with Crippen LogP contribution >= 0.6 is 0 Å². The minimum Gasteiger partial charge on any atom is -0.423 e. The van der Waals surface area contributed by atoms with Crippen LogP contribution in [-0.2, 0) is 6.42 Å². The molecule has 0 heterocycles. The summed E-state index contributed by atoms with van der Waals surface area (Å²) in [6.45, 7) is 0.250. The van der Waals surface area contributed by atoms with Gasteiger partial charge in [-0.15, -0.1) is 0 Å². The van der Waals surface area contributed by atoms with Gasteiger partial charge < -0.3 is 20.9 Å². The lowest BCUT2D eigenvalue weighted by molar-refractivity contribution is 0.0719. The molecule has 0 aliphatic rings. The van der Waals surface area contributed by atoms with Gasteiger partial charge in [-0.3, -0.25) is 0 Å².